The van der Waals surface area contributed by atoms with Crippen LogP contribution in [0, 0.1) is 6.92 Å². The fourth-order valence-electron chi connectivity index (χ4n) is 2.64. The van der Waals surface area contributed by atoms with Crippen molar-refractivity contribution >= 4 is 23.6 Å². The van der Waals surface area contributed by atoms with Gasteiger partial charge >= 0.3 is 0 Å². The predicted molar refractivity (Wildman–Crippen MR) is 92.9 cm³/mol. The number of fused-ring (bicyclic) bond motifs is 1. The second kappa shape index (κ2) is 7.01. The van der Waals surface area contributed by atoms with Crippen LogP contribution < -0.4 is 0 Å². The Morgan fingerprint density at radius 3 is 2.09 bits per heavy atom. The first-order chi connectivity index (χ1) is 11.2. The van der Waals surface area contributed by atoms with Crippen molar-refractivity contribution < 1.29 is 9.59 Å². The van der Waals surface area contributed by atoms with Gasteiger partial charge in [-0.3, -0.25) is 14.5 Å². The van der Waals surface area contributed by atoms with E-state index >= 15 is 0 Å². The molecule has 1 aliphatic rings. The minimum absolute atomic E-state index is 0.156. The molecule has 3 rings (SSSR count). The number of imide groups is 1. The van der Waals surface area contributed by atoms with Crippen molar-refractivity contribution in [1.29, 1.82) is 0 Å². The first kappa shape index (κ1) is 15.8. The van der Waals surface area contributed by atoms with Gasteiger partial charge < -0.3 is 0 Å². The Morgan fingerprint density at radius 1 is 0.870 bits per heavy atom. The van der Waals surface area contributed by atoms with Crippen molar-refractivity contribution in [2.24, 2.45) is 0 Å². The first-order valence-corrected chi connectivity index (χ1v) is 8.80. The lowest BCUT2D eigenvalue weighted by Gasteiger charge is -2.13. The molecule has 0 saturated heterocycles. The lowest BCUT2D eigenvalue weighted by Crippen LogP contribution is -2.30. The van der Waals surface area contributed by atoms with Crippen molar-refractivity contribution in [2.75, 3.05) is 12.3 Å². The molecule has 2 aromatic rings. The summed E-state index contributed by atoms with van der Waals surface area (Å²) in [5.41, 5.74) is 2.33. The number of thioether (sulfide) groups is 1. The van der Waals surface area contributed by atoms with Crippen LogP contribution in [0.25, 0.3) is 0 Å². The fourth-order valence-corrected chi connectivity index (χ4v) is 3.55. The zero-order chi connectivity index (χ0) is 16.2. The van der Waals surface area contributed by atoms with Crippen LogP contribution in [0.1, 0.15) is 39.1 Å². The highest BCUT2D eigenvalue weighted by Crippen LogP contribution is 2.23. The molecule has 1 aliphatic heterocycles. The molecular formula is C19H19NO2S. The van der Waals surface area contributed by atoms with Crippen LogP contribution in [0.5, 0.6) is 0 Å². The number of unbranched alkanes of at least 4 members (excludes halogenated alkanes) is 1. The van der Waals surface area contributed by atoms with E-state index in [2.05, 4.69) is 31.2 Å². The largest absolute Gasteiger partial charge is 0.274 e. The summed E-state index contributed by atoms with van der Waals surface area (Å²) >= 11 is 1.81. The molecule has 2 amide bonds. The molecule has 3 nitrogen and oxygen atoms in total. The lowest BCUT2D eigenvalue weighted by molar-refractivity contribution is 0.0652. The maximum Gasteiger partial charge on any atom is 0.261 e. The molecular weight excluding hydrogens is 306 g/mol. The Balaban J connectivity index is 1.46. The number of amides is 2. The predicted octanol–water partition coefficient (Wildman–Crippen LogP) is 4.16. The van der Waals surface area contributed by atoms with Crippen molar-refractivity contribution in [3.05, 3.63) is 65.2 Å². The van der Waals surface area contributed by atoms with E-state index in [4.69, 9.17) is 0 Å². The zero-order valence-corrected chi connectivity index (χ0v) is 13.9. The first-order valence-electron chi connectivity index (χ1n) is 7.81. The van der Waals surface area contributed by atoms with E-state index in [9.17, 15) is 9.59 Å². The normalized spacial score (nSPS) is 13.5. The quantitative estimate of drug-likeness (QED) is 0.454. The highest BCUT2D eigenvalue weighted by molar-refractivity contribution is 7.99. The van der Waals surface area contributed by atoms with Gasteiger partial charge in [0.25, 0.3) is 11.8 Å². The van der Waals surface area contributed by atoms with Gasteiger partial charge in [-0.25, -0.2) is 0 Å². The molecule has 1 heterocycles. The molecule has 4 heteroatoms. The summed E-state index contributed by atoms with van der Waals surface area (Å²) in [5.74, 6) is 0.681. The number of hydrogen-bond donors (Lipinski definition) is 0. The lowest BCUT2D eigenvalue weighted by atomic mass is 10.1. The van der Waals surface area contributed by atoms with Crippen LogP contribution in [-0.2, 0) is 0 Å². The fraction of sp³-hybridized carbons (Fsp3) is 0.263. The Bertz CT molecular complexity index is 689. The highest BCUT2D eigenvalue weighted by atomic mass is 32.2. The van der Waals surface area contributed by atoms with E-state index in [0.29, 0.717) is 17.7 Å². The van der Waals surface area contributed by atoms with Crippen LogP contribution in [0.2, 0.25) is 0 Å². The SMILES string of the molecule is Cc1ccc(SCCCCN2C(=O)c3ccccc3C2=O)cc1. The van der Waals surface area contributed by atoms with Crippen LogP contribution in [-0.4, -0.2) is 29.0 Å². The van der Waals surface area contributed by atoms with Gasteiger partial charge in [-0.2, -0.15) is 0 Å². The molecule has 118 valence electrons. The van der Waals surface area contributed by atoms with Gasteiger partial charge in [0.1, 0.15) is 0 Å². The van der Waals surface area contributed by atoms with Gasteiger partial charge in [0.15, 0.2) is 0 Å². The summed E-state index contributed by atoms with van der Waals surface area (Å²) in [4.78, 5) is 27.1. The van der Waals surface area contributed by atoms with Crippen molar-refractivity contribution in [3.8, 4) is 0 Å². The van der Waals surface area contributed by atoms with E-state index < -0.39 is 0 Å². The van der Waals surface area contributed by atoms with Crippen molar-refractivity contribution in [3.63, 3.8) is 0 Å². The average Bonchev–Trinajstić information content (AvgIpc) is 2.81. The monoisotopic (exact) mass is 325 g/mol. The number of aryl methyl sites for hydroxylation is 1. The van der Waals surface area contributed by atoms with Crippen LogP contribution in [0.3, 0.4) is 0 Å². The molecule has 0 saturated carbocycles. The Hall–Kier alpha value is -2.07. The second-order valence-corrected chi connectivity index (χ2v) is 6.84. The van der Waals surface area contributed by atoms with E-state index in [1.165, 1.54) is 15.4 Å². The molecule has 0 aliphatic carbocycles. The van der Waals surface area contributed by atoms with Gasteiger partial charge in [-0.05, 0) is 49.8 Å². The van der Waals surface area contributed by atoms with Gasteiger partial charge in [0, 0.05) is 11.4 Å². The van der Waals surface area contributed by atoms with Gasteiger partial charge in [-0.15, -0.1) is 11.8 Å². The van der Waals surface area contributed by atoms with E-state index in [1.807, 2.05) is 11.8 Å². The molecule has 0 unspecified atom stereocenters. The molecule has 0 bridgehead atoms. The number of carbonyl (C=O) groups excluding carboxylic acids is 2. The third-order valence-corrected chi connectivity index (χ3v) is 5.04. The highest BCUT2D eigenvalue weighted by Gasteiger charge is 2.34. The Morgan fingerprint density at radius 2 is 1.48 bits per heavy atom. The van der Waals surface area contributed by atoms with Gasteiger partial charge in [-0.1, -0.05) is 29.8 Å². The van der Waals surface area contributed by atoms with Gasteiger partial charge in [0.05, 0.1) is 11.1 Å². The van der Waals surface area contributed by atoms with E-state index in [0.717, 1.165) is 18.6 Å². The number of carbonyl (C=O) groups is 2. The molecule has 23 heavy (non-hydrogen) atoms. The van der Waals surface area contributed by atoms with Crippen molar-refractivity contribution in [1.82, 2.24) is 4.90 Å². The molecule has 0 spiro atoms. The van der Waals surface area contributed by atoms with Crippen LogP contribution in [0.4, 0.5) is 0 Å². The molecule has 0 aromatic heterocycles. The number of rotatable bonds is 6. The number of benzene rings is 2. The van der Waals surface area contributed by atoms with Crippen LogP contribution >= 0.6 is 11.8 Å². The number of hydrogen-bond acceptors (Lipinski definition) is 3. The summed E-state index contributed by atoms with van der Waals surface area (Å²) in [6.07, 6.45) is 1.82. The summed E-state index contributed by atoms with van der Waals surface area (Å²) in [6, 6.07) is 15.5. The van der Waals surface area contributed by atoms with Crippen LogP contribution in [0.15, 0.2) is 53.4 Å². The topological polar surface area (TPSA) is 37.4 Å². The Kier molecular flexibility index (Phi) is 4.82. The maximum absolute atomic E-state index is 12.2. The summed E-state index contributed by atoms with van der Waals surface area (Å²) < 4.78 is 0. The molecule has 0 N–H and O–H groups in total. The summed E-state index contributed by atoms with van der Waals surface area (Å²) in [7, 11) is 0. The summed E-state index contributed by atoms with van der Waals surface area (Å²) in [5, 5.41) is 0. The minimum atomic E-state index is -0.156. The van der Waals surface area contributed by atoms with Gasteiger partial charge in [0.2, 0.25) is 0 Å². The average molecular weight is 325 g/mol. The van der Waals surface area contributed by atoms with Crippen molar-refractivity contribution in [2.45, 2.75) is 24.7 Å². The molecule has 0 fully saturated rings. The second-order valence-electron chi connectivity index (χ2n) is 5.68. The molecule has 0 radical (unpaired) electrons. The standard InChI is InChI=1S/C19H19NO2S/c1-14-8-10-15(11-9-14)23-13-5-4-12-20-18(21)16-6-2-3-7-17(16)19(20)22/h2-3,6-11H,4-5,12-13H2,1H3. The Labute approximate surface area is 140 Å². The third-order valence-electron chi connectivity index (χ3n) is 3.94. The molecule has 2 aromatic carbocycles. The zero-order valence-electron chi connectivity index (χ0n) is 13.1. The third kappa shape index (κ3) is 3.48. The van der Waals surface area contributed by atoms with E-state index in [1.54, 1.807) is 24.3 Å². The minimum Gasteiger partial charge on any atom is -0.274 e. The molecule has 0 atom stereocenters. The summed E-state index contributed by atoms with van der Waals surface area (Å²) in [6.45, 7) is 2.58. The number of nitrogens with zero attached hydrogens (tertiary/aromatic N) is 1. The van der Waals surface area contributed by atoms with E-state index in [-0.39, 0.29) is 11.8 Å². The smallest absolute Gasteiger partial charge is 0.261 e. The maximum atomic E-state index is 12.2.